The number of nitriles is 1. The van der Waals surface area contributed by atoms with Crippen molar-refractivity contribution in [3.05, 3.63) is 34.9 Å². The van der Waals surface area contributed by atoms with E-state index in [4.69, 9.17) is 11.0 Å². The number of hydrogen-bond donors (Lipinski definition) is 1. The summed E-state index contributed by atoms with van der Waals surface area (Å²) in [5, 5.41) is 8.73. The fourth-order valence-electron chi connectivity index (χ4n) is 1.27. The molecule has 0 saturated heterocycles. The molecule has 1 atom stereocenters. The first-order chi connectivity index (χ1) is 5.66. The van der Waals surface area contributed by atoms with Crippen LogP contribution in [0.2, 0.25) is 0 Å². The topological polar surface area (TPSA) is 49.8 Å². The molecule has 13 heavy (non-hydrogen) atoms. The Hall–Kier alpha value is -1.04. The smallest absolute Gasteiger partial charge is 0.0994 e. The Bertz CT molecular complexity index is 326. The molecule has 0 amide bonds. The Morgan fingerprint density at radius 1 is 1.46 bits per heavy atom. The van der Waals surface area contributed by atoms with Crippen LogP contribution in [0.15, 0.2) is 18.2 Å². The molecule has 0 aliphatic heterocycles. The maximum atomic E-state index is 8.73. The molecule has 0 spiro atoms. The standard InChI is InChI=1S/C10H12N2.ClH/c1-7-9(6-11)4-3-5-10(7)8(2)12;/h3-5,8H,12H2,1-2H3;1H/t8-;/m0./s1. The SMILES string of the molecule is Cc1c(C#N)cccc1[C@H](C)N.Cl. The van der Waals surface area contributed by atoms with Crippen molar-refractivity contribution in [1.82, 2.24) is 0 Å². The summed E-state index contributed by atoms with van der Waals surface area (Å²) in [4.78, 5) is 0. The van der Waals surface area contributed by atoms with E-state index in [-0.39, 0.29) is 18.4 Å². The third kappa shape index (κ3) is 2.45. The highest BCUT2D eigenvalue weighted by Gasteiger charge is 2.05. The van der Waals surface area contributed by atoms with Crippen molar-refractivity contribution in [2.45, 2.75) is 19.9 Å². The van der Waals surface area contributed by atoms with Crippen LogP contribution in [-0.4, -0.2) is 0 Å². The lowest BCUT2D eigenvalue weighted by Gasteiger charge is -2.09. The van der Waals surface area contributed by atoms with Crippen LogP contribution in [0.1, 0.15) is 29.7 Å². The van der Waals surface area contributed by atoms with Crippen LogP contribution >= 0.6 is 12.4 Å². The molecule has 2 N–H and O–H groups in total. The van der Waals surface area contributed by atoms with E-state index in [0.717, 1.165) is 11.1 Å². The van der Waals surface area contributed by atoms with Crippen molar-refractivity contribution < 1.29 is 0 Å². The largest absolute Gasteiger partial charge is 0.324 e. The van der Waals surface area contributed by atoms with Crippen LogP contribution in [0.25, 0.3) is 0 Å². The third-order valence-corrected chi connectivity index (χ3v) is 1.99. The Morgan fingerprint density at radius 3 is 2.54 bits per heavy atom. The van der Waals surface area contributed by atoms with Crippen molar-refractivity contribution in [3.8, 4) is 6.07 Å². The molecular weight excluding hydrogens is 184 g/mol. The molecule has 1 rings (SSSR count). The molecule has 0 aliphatic rings. The predicted molar refractivity (Wildman–Crippen MR) is 55.7 cm³/mol. The number of halogens is 1. The fourth-order valence-corrected chi connectivity index (χ4v) is 1.27. The summed E-state index contributed by atoms with van der Waals surface area (Å²) < 4.78 is 0. The second-order valence-corrected chi connectivity index (χ2v) is 2.92. The highest BCUT2D eigenvalue weighted by molar-refractivity contribution is 5.85. The van der Waals surface area contributed by atoms with Gasteiger partial charge in [-0.1, -0.05) is 12.1 Å². The van der Waals surface area contributed by atoms with Gasteiger partial charge >= 0.3 is 0 Å². The van der Waals surface area contributed by atoms with Crippen LogP contribution in [0, 0.1) is 18.3 Å². The first kappa shape index (κ1) is 12.0. The Balaban J connectivity index is 0.00000144. The molecule has 1 aromatic rings. The summed E-state index contributed by atoms with van der Waals surface area (Å²) in [5.74, 6) is 0. The minimum Gasteiger partial charge on any atom is -0.324 e. The van der Waals surface area contributed by atoms with Crippen molar-refractivity contribution in [2.24, 2.45) is 5.73 Å². The molecule has 70 valence electrons. The van der Waals surface area contributed by atoms with Crippen molar-refractivity contribution >= 4 is 12.4 Å². The number of benzene rings is 1. The summed E-state index contributed by atoms with van der Waals surface area (Å²) in [6, 6.07) is 7.76. The van der Waals surface area contributed by atoms with Gasteiger partial charge in [0.25, 0.3) is 0 Å². The van der Waals surface area contributed by atoms with Gasteiger partial charge < -0.3 is 5.73 Å². The van der Waals surface area contributed by atoms with Gasteiger partial charge in [-0.2, -0.15) is 5.26 Å². The summed E-state index contributed by atoms with van der Waals surface area (Å²) in [6.45, 7) is 3.85. The maximum absolute atomic E-state index is 8.73. The summed E-state index contributed by atoms with van der Waals surface area (Å²) in [6.07, 6.45) is 0. The van der Waals surface area contributed by atoms with Crippen LogP contribution in [0.3, 0.4) is 0 Å². The van der Waals surface area contributed by atoms with E-state index in [9.17, 15) is 0 Å². The second-order valence-electron chi connectivity index (χ2n) is 2.92. The van der Waals surface area contributed by atoms with Gasteiger partial charge in [-0.25, -0.2) is 0 Å². The zero-order valence-corrected chi connectivity index (χ0v) is 8.56. The molecule has 0 aromatic heterocycles. The molecule has 0 bridgehead atoms. The Kier molecular flexibility index (Phi) is 4.47. The molecular formula is C10H13ClN2. The Labute approximate surface area is 84.8 Å². The van der Waals surface area contributed by atoms with Crippen molar-refractivity contribution in [1.29, 1.82) is 5.26 Å². The lowest BCUT2D eigenvalue weighted by molar-refractivity contribution is 0.809. The first-order valence-electron chi connectivity index (χ1n) is 3.92. The molecule has 0 fully saturated rings. The fraction of sp³-hybridized carbons (Fsp3) is 0.300. The average molecular weight is 197 g/mol. The molecule has 2 nitrogen and oxygen atoms in total. The molecule has 0 radical (unpaired) electrons. The van der Waals surface area contributed by atoms with E-state index >= 15 is 0 Å². The number of rotatable bonds is 1. The van der Waals surface area contributed by atoms with E-state index in [2.05, 4.69) is 6.07 Å². The highest BCUT2D eigenvalue weighted by atomic mass is 35.5. The van der Waals surface area contributed by atoms with Crippen LogP contribution in [0.5, 0.6) is 0 Å². The average Bonchev–Trinajstić information content (AvgIpc) is 2.04. The summed E-state index contributed by atoms with van der Waals surface area (Å²) in [7, 11) is 0. The van der Waals surface area contributed by atoms with Crippen LogP contribution in [-0.2, 0) is 0 Å². The van der Waals surface area contributed by atoms with Gasteiger partial charge in [-0.15, -0.1) is 12.4 Å². The second kappa shape index (κ2) is 4.86. The van der Waals surface area contributed by atoms with Crippen LogP contribution < -0.4 is 5.73 Å². The predicted octanol–water partition coefficient (Wildman–Crippen LogP) is 2.31. The number of nitrogens with zero attached hydrogens (tertiary/aromatic N) is 1. The van der Waals surface area contributed by atoms with Gasteiger partial charge in [-0.05, 0) is 31.0 Å². The zero-order chi connectivity index (χ0) is 9.14. The number of hydrogen-bond acceptors (Lipinski definition) is 2. The van der Waals surface area contributed by atoms with Gasteiger partial charge in [0.1, 0.15) is 0 Å². The minimum atomic E-state index is -0.00157. The third-order valence-electron chi connectivity index (χ3n) is 1.99. The Morgan fingerprint density at radius 2 is 2.08 bits per heavy atom. The highest BCUT2D eigenvalue weighted by Crippen LogP contribution is 2.17. The quantitative estimate of drug-likeness (QED) is 0.750. The molecule has 0 unspecified atom stereocenters. The zero-order valence-electron chi connectivity index (χ0n) is 7.74. The van der Waals surface area contributed by atoms with Crippen molar-refractivity contribution in [2.75, 3.05) is 0 Å². The normalized spacial score (nSPS) is 11.2. The van der Waals surface area contributed by atoms with Gasteiger partial charge in [0.15, 0.2) is 0 Å². The molecule has 0 heterocycles. The maximum Gasteiger partial charge on any atom is 0.0994 e. The van der Waals surface area contributed by atoms with Crippen LogP contribution in [0.4, 0.5) is 0 Å². The van der Waals surface area contributed by atoms with Gasteiger partial charge in [0.2, 0.25) is 0 Å². The van der Waals surface area contributed by atoms with E-state index in [1.54, 1.807) is 6.07 Å². The van der Waals surface area contributed by atoms with E-state index in [0.29, 0.717) is 5.56 Å². The van der Waals surface area contributed by atoms with E-state index < -0.39 is 0 Å². The minimum absolute atomic E-state index is 0. The van der Waals surface area contributed by atoms with Gasteiger partial charge in [0, 0.05) is 6.04 Å². The molecule has 0 aliphatic carbocycles. The molecule has 3 heteroatoms. The molecule has 1 aromatic carbocycles. The van der Waals surface area contributed by atoms with Gasteiger partial charge in [-0.3, -0.25) is 0 Å². The van der Waals surface area contributed by atoms with Crippen molar-refractivity contribution in [3.63, 3.8) is 0 Å². The lowest BCUT2D eigenvalue weighted by atomic mass is 9.99. The summed E-state index contributed by atoms with van der Waals surface area (Å²) >= 11 is 0. The number of nitrogens with two attached hydrogens (primary N) is 1. The monoisotopic (exact) mass is 196 g/mol. The van der Waals surface area contributed by atoms with E-state index in [1.807, 2.05) is 26.0 Å². The first-order valence-corrected chi connectivity index (χ1v) is 3.92. The van der Waals surface area contributed by atoms with Gasteiger partial charge in [0.05, 0.1) is 11.6 Å². The van der Waals surface area contributed by atoms with E-state index in [1.165, 1.54) is 0 Å². The molecule has 0 saturated carbocycles. The summed E-state index contributed by atoms with van der Waals surface area (Å²) in [5.41, 5.74) is 8.49. The lowest BCUT2D eigenvalue weighted by Crippen LogP contribution is -2.07.